The third kappa shape index (κ3) is 4.28. The highest BCUT2D eigenvalue weighted by Gasteiger charge is 2.16. The van der Waals surface area contributed by atoms with Gasteiger partial charge in [-0.3, -0.25) is 9.52 Å². The predicted molar refractivity (Wildman–Crippen MR) is 106 cm³/mol. The Morgan fingerprint density at radius 2 is 1.86 bits per heavy atom. The molecule has 0 unspecified atom stereocenters. The summed E-state index contributed by atoms with van der Waals surface area (Å²) >= 11 is 1.18. The quantitative estimate of drug-likeness (QED) is 0.482. The summed E-state index contributed by atoms with van der Waals surface area (Å²) in [5.74, 6) is 0.00914. The molecule has 1 aromatic carbocycles. The Labute approximate surface area is 169 Å². The van der Waals surface area contributed by atoms with E-state index in [0.29, 0.717) is 11.5 Å². The molecule has 4 aromatic rings. The van der Waals surface area contributed by atoms with Gasteiger partial charge in [0.05, 0.1) is 4.90 Å². The lowest BCUT2D eigenvalue weighted by Gasteiger charge is -2.08. The first-order chi connectivity index (χ1) is 14.0. The van der Waals surface area contributed by atoms with Gasteiger partial charge in [-0.2, -0.15) is 5.10 Å². The van der Waals surface area contributed by atoms with E-state index in [9.17, 15) is 13.2 Å². The molecule has 0 aliphatic rings. The van der Waals surface area contributed by atoms with Gasteiger partial charge in [-0.15, -0.1) is 21.5 Å². The van der Waals surface area contributed by atoms with Crippen molar-refractivity contribution in [1.29, 1.82) is 0 Å². The molecule has 0 saturated carbocycles. The van der Waals surface area contributed by atoms with Crippen LogP contribution in [0.3, 0.4) is 0 Å². The van der Waals surface area contributed by atoms with Crippen molar-refractivity contribution < 1.29 is 13.2 Å². The number of benzene rings is 1. The number of carbonyl (C=O) groups excluding carboxylic acids is 1. The van der Waals surface area contributed by atoms with Gasteiger partial charge in [0.25, 0.3) is 15.9 Å². The summed E-state index contributed by atoms with van der Waals surface area (Å²) in [6, 6.07) is 10.6. The molecule has 0 spiro atoms. The minimum Gasteiger partial charge on any atom is -0.321 e. The number of aromatic nitrogens is 5. The van der Waals surface area contributed by atoms with Gasteiger partial charge in [-0.25, -0.2) is 18.1 Å². The fourth-order valence-corrected chi connectivity index (χ4v) is 4.12. The maximum atomic E-state index is 12.3. The number of carbonyl (C=O) groups is 1. The summed E-state index contributed by atoms with van der Waals surface area (Å²) in [5.41, 5.74) is 0.532. The molecule has 0 aliphatic carbocycles. The summed E-state index contributed by atoms with van der Waals surface area (Å²) in [4.78, 5) is 16.3. The fraction of sp³-hybridized carbons (Fsp3) is 0. The molecule has 10 nitrogen and oxygen atoms in total. The number of amides is 1. The van der Waals surface area contributed by atoms with Gasteiger partial charge in [-0.05, 0) is 42.5 Å². The Kier molecular flexibility index (Phi) is 5.01. The number of thiazole rings is 1. The van der Waals surface area contributed by atoms with E-state index in [0.717, 1.165) is 0 Å². The van der Waals surface area contributed by atoms with Crippen molar-refractivity contribution in [2.75, 3.05) is 10.0 Å². The summed E-state index contributed by atoms with van der Waals surface area (Å²) in [7, 11) is -3.75. The number of sulfonamides is 1. The van der Waals surface area contributed by atoms with Crippen molar-refractivity contribution in [1.82, 2.24) is 25.0 Å². The topological polar surface area (TPSA) is 132 Å². The Morgan fingerprint density at radius 1 is 1.03 bits per heavy atom. The van der Waals surface area contributed by atoms with Gasteiger partial charge in [0.15, 0.2) is 16.6 Å². The molecule has 0 bridgehead atoms. The van der Waals surface area contributed by atoms with Gasteiger partial charge < -0.3 is 5.32 Å². The molecule has 0 saturated heterocycles. The van der Waals surface area contributed by atoms with Crippen LogP contribution < -0.4 is 10.0 Å². The SMILES string of the molecule is O=C(Nc1ccc(S(=O)(=O)Nc2nccs2)cc1)c1ccc(-n2cccn2)nn1. The predicted octanol–water partition coefficient (Wildman–Crippen LogP) is 2.17. The Hall–Kier alpha value is -3.64. The molecule has 1 amide bonds. The zero-order valence-corrected chi connectivity index (χ0v) is 16.3. The van der Waals surface area contributed by atoms with Crippen molar-refractivity contribution in [2.24, 2.45) is 0 Å². The Balaban J connectivity index is 1.44. The van der Waals surface area contributed by atoms with E-state index < -0.39 is 15.9 Å². The number of nitrogens with one attached hydrogen (secondary N) is 2. The molecule has 3 aromatic heterocycles. The number of anilines is 2. The normalized spacial score (nSPS) is 11.2. The molecule has 0 atom stereocenters. The minimum absolute atomic E-state index is 0.0501. The van der Waals surface area contributed by atoms with E-state index in [-0.39, 0.29) is 15.7 Å². The molecule has 0 aliphatic heterocycles. The third-order valence-electron chi connectivity index (χ3n) is 3.70. The highest BCUT2D eigenvalue weighted by atomic mass is 32.2. The van der Waals surface area contributed by atoms with Crippen molar-refractivity contribution >= 4 is 38.1 Å². The first-order valence-electron chi connectivity index (χ1n) is 8.19. The van der Waals surface area contributed by atoms with Crippen LogP contribution in [-0.4, -0.2) is 39.3 Å². The average Bonchev–Trinajstić information content (AvgIpc) is 3.42. The van der Waals surface area contributed by atoms with Crippen molar-refractivity contribution in [3.8, 4) is 5.82 Å². The summed E-state index contributed by atoms with van der Waals surface area (Å²) < 4.78 is 28.6. The van der Waals surface area contributed by atoms with Crippen molar-refractivity contribution in [3.05, 3.63) is 72.1 Å². The molecule has 4 rings (SSSR count). The van der Waals surface area contributed by atoms with E-state index in [4.69, 9.17) is 0 Å². The highest BCUT2D eigenvalue weighted by molar-refractivity contribution is 7.93. The monoisotopic (exact) mass is 427 g/mol. The lowest BCUT2D eigenvalue weighted by atomic mass is 10.3. The maximum Gasteiger partial charge on any atom is 0.276 e. The minimum atomic E-state index is -3.75. The lowest BCUT2D eigenvalue weighted by molar-refractivity contribution is 0.102. The van der Waals surface area contributed by atoms with Crippen molar-refractivity contribution in [3.63, 3.8) is 0 Å². The van der Waals surface area contributed by atoms with Gasteiger partial charge in [-0.1, -0.05) is 0 Å². The molecule has 2 N–H and O–H groups in total. The van der Waals surface area contributed by atoms with Gasteiger partial charge in [0.1, 0.15) is 0 Å². The second-order valence-electron chi connectivity index (χ2n) is 5.65. The van der Waals surface area contributed by atoms with Crippen LogP contribution in [0.4, 0.5) is 10.8 Å². The standard InChI is InChI=1S/C17H13N7O3S2/c25-16(14-6-7-15(22-21-14)24-10-1-8-19-24)20-12-2-4-13(5-3-12)29(26,27)23-17-18-9-11-28-17/h1-11H,(H,18,23)(H,20,25). The van der Waals surface area contributed by atoms with Crippen LogP contribution >= 0.6 is 11.3 Å². The van der Waals surface area contributed by atoms with Gasteiger partial charge in [0, 0.05) is 29.7 Å². The summed E-state index contributed by atoms with van der Waals surface area (Å²) in [6.45, 7) is 0. The smallest absolute Gasteiger partial charge is 0.276 e. The van der Waals surface area contributed by atoms with Crippen molar-refractivity contribution in [2.45, 2.75) is 4.90 Å². The molecule has 146 valence electrons. The Bertz CT molecular complexity index is 1210. The van der Waals surface area contributed by atoms with E-state index in [2.05, 4.69) is 30.3 Å². The molecule has 0 radical (unpaired) electrons. The second-order valence-corrected chi connectivity index (χ2v) is 8.23. The second kappa shape index (κ2) is 7.77. The zero-order chi connectivity index (χ0) is 20.3. The molecular formula is C17H13N7O3S2. The number of hydrogen-bond donors (Lipinski definition) is 2. The molecular weight excluding hydrogens is 414 g/mol. The maximum absolute atomic E-state index is 12.3. The lowest BCUT2D eigenvalue weighted by Crippen LogP contribution is -2.16. The fourth-order valence-electron chi connectivity index (χ4n) is 2.33. The summed E-state index contributed by atoms with van der Waals surface area (Å²) in [6.07, 6.45) is 4.83. The largest absolute Gasteiger partial charge is 0.321 e. The van der Waals surface area contributed by atoms with E-state index >= 15 is 0 Å². The van der Waals surface area contributed by atoms with E-state index in [1.54, 1.807) is 29.9 Å². The molecule has 3 heterocycles. The van der Waals surface area contributed by atoms with Gasteiger partial charge in [0.2, 0.25) is 0 Å². The third-order valence-corrected chi connectivity index (χ3v) is 5.87. The zero-order valence-electron chi connectivity index (χ0n) is 14.6. The first-order valence-corrected chi connectivity index (χ1v) is 10.5. The summed E-state index contributed by atoms with van der Waals surface area (Å²) in [5, 5.41) is 16.5. The van der Waals surface area contributed by atoms with Gasteiger partial charge >= 0.3 is 0 Å². The molecule has 0 fully saturated rings. The number of rotatable bonds is 6. The van der Waals surface area contributed by atoms with Crippen LogP contribution in [0.15, 0.2) is 71.3 Å². The van der Waals surface area contributed by atoms with E-state index in [1.807, 2.05) is 0 Å². The van der Waals surface area contributed by atoms with Crippen LogP contribution in [0.1, 0.15) is 10.5 Å². The van der Waals surface area contributed by atoms with Crippen LogP contribution in [0, 0.1) is 0 Å². The number of nitrogens with zero attached hydrogens (tertiary/aromatic N) is 5. The van der Waals surface area contributed by atoms with Crippen LogP contribution in [0.5, 0.6) is 0 Å². The van der Waals surface area contributed by atoms with Crippen LogP contribution in [-0.2, 0) is 10.0 Å². The highest BCUT2D eigenvalue weighted by Crippen LogP contribution is 2.19. The van der Waals surface area contributed by atoms with E-state index in [1.165, 1.54) is 52.5 Å². The number of hydrogen-bond acceptors (Lipinski definition) is 8. The molecule has 29 heavy (non-hydrogen) atoms. The average molecular weight is 427 g/mol. The Morgan fingerprint density at radius 3 is 2.48 bits per heavy atom. The van der Waals surface area contributed by atoms with Crippen LogP contribution in [0.25, 0.3) is 5.82 Å². The first kappa shape index (κ1) is 18.7. The molecule has 12 heteroatoms. The van der Waals surface area contributed by atoms with Crippen LogP contribution in [0.2, 0.25) is 0 Å².